The van der Waals surface area contributed by atoms with Crippen molar-refractivity contribution in [3.05, 3.63) is 27.5 Å². The van der Waals surface area contributed by atoms with Gasteiger partial charge in [-0.3, -0.25) is 4.72 Å². The third-order valence-electron chi connectivity index (χ3n) is 1.73. The topological polar surface area (TPSA) is 85.1 Å². The molecule has 2 aromatic rings. The van der Waals surface area contributed by atoms with Crippen LogP contribution in [0.4, 0.5) is 5.13 Å². The van der Waals surface area contributed by atoms with Gasteiger partial charge in [0.2, 0.25) is 10.0 Å². The maximum Gasteiger partial charge on any atom is 0.240 e. The summed E-state index contributed by atoms with van der Waals surface area (Å²) < 4.78 is 31.4. The lowest BCUT2D eigenvalue weighted by molar-refractivity contribution is 0.392. The van der Waals surface area contributed by atoms with Crippen LogP contribution in [-0.2, 0) is 15.8 Å². The zero-order valence-electron chi connectivity index (χ0n) is 8.68. The van der Waals surface area contributed by atoms with E-state index in [4.69, 9.17) is 4.52 Å². The largest absolute Gasteiger partial charge is 0.361 e. The molecule has 17 heavy (non-hydrogen) atoms. The molecule has 0 bridgehead atoms. The number of rotatable bonds is 4. The fraction of sp³-hybridized carbons (Fsp3) is 0.250. The SMILES string of the molecule is Cc1cc(CS(=O)(=O)Nc2ncc(Br)s2)no1. The summed E-state index contributed by atoms with van der Waals surface area (Å²) in [6.07, 6.45) is 1.53. The fourth-order valence-electron chi connectivity index (χ4n) is 1.15. The van der Waals surface area contributed by atoms with Gasteiger partial charge in [-0.25, -0.2) is 13.4 Å². The smallest absolute Gasteiger partial charge is 0.240 e. The molecular formula is C8H8BrN3O3S2. The maximum atomic E-state index is 11.7. The number of thiazole rings is 1. The van der Waals surface area contributed by atoms with Crippen LogP contribution in [0, 0.1) is 6.92 Å². The monoisotopic (exact) mass is 337 g/mol. The molecule has 0 fully saturated rings. The number of hydrogen-bond donors (Lipinski definition) is 1. The number of sulfonamides is 1. The Morgan fingerprint density at radius 1 is 1.59 bits per heavy atom. The van der Waals surface area contributed by atoms with E-state index >= 15 is 0 Å². The molecular weight excluding hydrogens is 330 g/mol. The van der Waals surface area contributed by atoms with Crippen LogP contribution >= 0.6 is 27.3 Å². The summed E-state index contributed by atoms with van der Waals surface area (Å²) in [4.78, 5) is 3.89. The van der Waals surface area contributed by atoms with Crippen LogP contribution in [0.1, 0.15) is 11.5 Å². The van der Waals surface area contributed by atoms with Gasteiger partial charge in [-0.05, 0) is 22.9 Å². The summed E-state index contributed by atoms with van der Waals surface area (Å²) >= 11 is 4.41. The molecule has 92 valence electrons. The third kappa shape index (κ3) is 3.51. The predicted octanol–water partition coefficient (Wildman–Crippen LogP) is 2.14. The lowest BCUT2D eigenvalue weighted by Crippen LogP contribution is -2.15. The van der Waals surface area contributed by atoms with Crippen molar-refractivity contribution in [3.8, 4) is 0 Å². The zero-order valence-corrected chi connectivity index (χ0v) is 11.9. The average Bonchev–Trinajstić information content (AvgIpc) is 2.74. The summed E-state index contributed by atoms with van der Waals surface area (Å²) in [6, 6.07) is 1.58. The van der Waals surface area contributed by atoms with Crippen molar-refractivity contribution in [2.75, 3.05) is 4.72 Å². The molecule has 0 aliphatic rings. The number of halogens is 1. The van der Waals surface area contributed by atoms with E-state index in [2.05, 4.69) is 30.8 Å². The van der Waals surface area contributed by atoms with Crippen molar-refractivity contribution in [3.63, 3.8) is 0 Å². The minimum absolute atomic E-state index is 0.235. The molecule has 0 atom stereocenters. The number of nitrogens with one attached hydrogen (secondary N) is 1. The standard InChI is InChI=1S/C8H8BrN3O3S2/c1-5-2-6(11-15-5)4-17(13,14)12-8-10-3-7(9)16-8/h2-3H,4H2,1H3,(H,10,12). The highest BCUT2D eigenvalue weighted by molar-refractivity contribution is 9.11. The van der Waals surface area contributed by atoms with Crippen LogP contribution in [0.3, 0.4) is 0 Å². The molecule has 0 aromatic carbocycles. The van der Waals surface area contributed by atoms with Gasteiger partial charge in [-0.15, -0.1) is 0 Å². The minimum Gasteiger partial charge on any atom is -0.361 e. The zero-order chi connectivity index (χ0) is 12.5. The number of aromatic nitrogens is 2. The predicted molar refractivity (Wildman–Crippen MR) is 67.3 cm³/mol. The van der Waals surface area contributed by atoms with Gasteiger partial charge >= 0.3 is 0 Å². The normalized spacial score (nSPS) is 11.6. The highest BCUT2D eigenvalue weighted by Gasteiger charge is 2.16. The van der Waals surface area contributed by atoms with Gasteiger partial charge in [0.15, 0.2) is 5.13 Å². The van der Waals surface area contributed by atoms with Crippen molar-refractivity contribution >= 4 is 42.4 Å². The molecule has 2 rings (SSSR count). The number of nitrogens with zero attached hydrogens (tertiary/aromatic N) is 2. The van der Waals surface area contributed by atoms with E-state index in [0.717, 1.165) is 3.79 Å². The summed E-state index contributed by atoms with van der Waals surface area (Å²) in [5, 5.41) is 3.94. The van der Waals surface area contributed by atoms with Gasteiger partial charge in [-0.2, -0.15) is 0 Å². The van der Waals surface area contributed by atoms with Crippen LogP contribution in [0.2, 0.25) is 0 Å². The number of aryl methyl sites for hydroxylation is 1. The molecule has 0 aliphatic heterocycles. The molecule has 0 saturated heterocycles. The summed E-state index contributed by atoms with van der Waals surface area (Å²) in [7, 11) is -3.51. The van der Waals surface area contributed by atoms with Gasteiger partial charge in [0.05, 0.1) is 9.98 Å². The van der Waals surface area contributed by atoms with Crippen molar-refractivity contribution in [1.82, 2.24) is 10.1 Å². The highest BCUT2D eigenvalue weighted by Crippen LogP contribution is 2.24. The van der Waals surface area contributed by atoms with E-state index in [1.165, 1.54) is 17.5 Å². The van der Waals surface area contributed by atoms with E-state index < -0.39 is 10.0 Å². The summed E-state index contributed by atoms with van der Waals surface area (Å²) in [5.41, 5.74) is 0.366. The van der Waals surface area contributed by atoms with Gasteiger partial charge in [0.25, 0.3) is 0 Å². The first-order valence-electron chi connectivity index (χ1n) is 4.49. The molecule has 0 amide bonds. The van der Waals surface area contributed by atoms with Gasteiger partial charge in [0, 0.05) is 6.07 Å². The molecule has 6 nitrogen and oxygen atoms in total. The Morgan fingerprint density at radius 2 is 2.35 bits per heavy atom. The van der Waals surface area contributed by atoms with Crippen LogP contribution in [0.15, 0.2) is 20.6 Å². The lowest BCUT2D eigenvalue weighted by atomic mass is 10.4. The third-order valence-corrected chi connectivity index (χ3v) is 4.44. The number of anilines is 1. The van der Waals surface area contributed by atoms with Crippen LogP contribution < -0.4 is 4.72 Å². The first-order valence-corrected chi connectivity index (χ1v) is 7.75. The maximum absolute atomic E-state index is 11.7. The Morgan fingerprint density at radius 3 is 2.88 bits per heavy atom. The van der Waals surface area contributed by atoms with Crippen molar-refractivity contribution in [2.45, 2.75) is 12.7 Å². The summed E-state index contributed by atoms with van der Waals surface area (Å²) in [5.74, 6) is 0.342. The van der Waals surface area contributed by atoms with Crippen LogP contribution in [0.25, 0.3) is 0 Å². The Bertz CT molecular complexity index is 571. The van der Waals surface area contributed by atoms with Gasteiger partial charge in [0.1, 0.15) is 17.2 Å². The summed E-state index contributed by atoms with van der Waals surface area (Å²) in [6.45, 7) is 1.70. The van der Waals surface area contributed by atoms with E-state index in [1.54, 1.807) is 13.0 Å². The van der Waals surface area contributed by atoms with Crippen LogP contribution in [-0.4, -0.2) is 18.6 Å². The molecule has 0 spiro atoms. The van der Waals surface area contributed by atoms with Crippen LogP contribution in [0.5, 0.6) is 0 Å². The van der Waals surface area contributed by atoms with Gasteiger partial charge in [-0.1, -0.05) is 16.5 Å². The Kier molecular flexibility index (Phi) is 3.50. The fourth-order valence-corrected chi connectivity index (χ4v) is 3.57. The molecule has 0 aliphatic carbocycles. The highest BCUT2D eigenvalue weighted by atomic mass is 79.9. The minimum atomic E-state index is -3.51. The molecule has 2 heterocycles. The molecule has 0 saturated carbocycles. The van der Waals surface area contributed by atoms with Crippen molar-refractivity contribution in [1.29, 1.82) is 0 Å². The molecule has 9 heteroatoms. The Balaban J connectivity index is 2.09. The second-order valence-electron chi connectivity index (χ2n) is 3.26. The van der Waals surface area contributed by atoms with E-state index in [-0.39, 0.29) is 5.75 Å². The first kappa shape index (κ1) is 12.5. The van der Waals surface area contributed by atoms with Gasteiger partial charge < -0.3 is 4.52 Å². The molecule has 1 N–H and O–H groups in total. The second-order valence-corrected chi connectivity index (χ2v) is 7.39. The van der Waals surface area contributed by atoms with E-state index in [1.807, 2.05) is 0 Å². The molecule has 2 aromatic heterocycles. The Hall–Kier alpha value is -0.930. The van der Waals surface area contributed by atoms with Crippen molar-refractivity contribution < 1.29 is 12.9 Å². The quantitative estimate of drug-likeness (QED) is 0.923. The second kappa shape index (κ2) is 4.75. The van der Waals surface area contributed by atoms with Crippen molar-refractivity contribution in [2.24, 2.45) is 0 Å². The van der Waals surface area contributed by atoms with E-state index in [9.17, 15) is 8.42 Å². The lowest BCUT2D eigenvalue weighted by Gasteiger charge is -2.01. The Labute approximate surface area is 110 Å². The molecule has 0 unspecified atom stereocenters. The molecule has 0 radical (unpaired) electrons. The first-order chi connectivity index (χ1) is 7.94. The average molecular weight is 338 g/mol. The number of hydrogen-bond acceptors (Lipinski definition) is 6. The van der Waals surface area contributed by atoms with E-state index in [0.29, 0.717) is 16.6 Å².